The van der Waals surface area contributed by atoms with E-state index < -0.39 is 23.8 Å². The number of hydrogen-bond acceptors (Lipinski definition) is 4. The number of ether oxygens (including phenoxy) is 1. The lowest BCUT2D eigenvalue weighted by Gasteiger charge is -2.16. The summed E-state index contributed by atoms with van der Waals surface area (Å²) in [6.07, 6.45) is 4.71. The number of allylic oxidation sites excluding steroid dienone is 5. The Hall–Kier alpha value is -2.87. The van der Waals surface area contributed by atoms with Gasteiger partial charge >= 0.3 is 12.1 Å². The fraction of sp³-hybridized carbons (Fsp3) is 0.417. The highest BCUT2D eigenvalue weighted by Crippen LogP contribution is 2.33. The molecular formula is C24H27F3O5. The van der Waals surface area contributed by atoms with E-state index in [0.29, 0.717) is 19.3 Å². The molecule has 5 nitrogen and oxygen atoms in total. The molecule has 2 N–H and O–H groups in total. The number of unbranched alkanes of at least 4 members (excludes halogenated alkanes) is 1. The van der Waals surface area contributed by atoms with Crippen molar-refractivity contribution in [1.29, 1.82) is 0 Å². The van der Waals surface area contributed by atoms with Gasteiger partial charge in [0.05, 0.1) is 5.56 Å². The normalized spacial score (nSPS) is 20.2. The van der Waals surface area contributed by atoms with E-state index >= 15 is 0 Å². The minimum absolute atomic E-state index is 0.00491. The van der Waals surface area contributed by atoms with Crippen LogP contribution in [0.3, 0.4) is 0 Å². The number of carboxylic acid groups (broad SMARTS) is 1. The molecule has 3 atom stereocenters. The summed E-state index contributed by atoms with van der Waals surface area (Å²) in [5.41, 5.74) is 0.0330. The second-order valence-corrected chi connectivity index (χ2v) is 7.70. The van der Waals surface area contributed by atoms with E-state index in [2.05, 4.69) is 0 Å². The van der Waals surface area contributed by atoms with Crippen molar-refractivity contribution in [2.45, 2.75) is 44.9 Å². The molecule has 0 heterocycles. The standard InChI is InChI=1S/C24H27F3O5/c1-16-13-22(29)21(9-4-2-3-5-10-23(30)31)20(16)12-11-18(28)15-32-19-8-6-7-17(14-19)24(25,26)27/h2,4,6-8,11-14,18,20-21,28H,3,5,9-10,15H2,1H3,(H,30,31)/t18?,20-,21+/m0/s1. The van der Waals surface area contributed by atoms with Gasteiger partial charge in [0.2, 0.25) is 0 Å². The van der Waals surface area contributed by atoms with Crippen molar-refractivity contribution >= 4 is 11.8 Å². The third-order valence-corrected chi connectivity index (χ3v) is 5.14. The van der Waals surface area contributed by atoms with Gasteiger partial charge < -0.3 is 14.9 Å². The maximum absolute atomic E-state index is 12.8. The Morgan fingerprint density at radius 1 is 1.28 bits per heavy atom. The van der Waals surface area contributed by atoms with E-state index in [0.717, 1.165) is 17.7 Å². The Bertz CT molecular complexity index is 886. The highest BCUT2D eigenvalue weighted by molar-refractivity contribution is 5.96. The third kappa shape index (κ3) is 8.00. The average Bonchev–Trinajstić information content (AvgIpc) is 2.99. The molecule has 8 heteroatoms. The number of ketones is 1. The van der Waals surface area contributed by atoms with Crippen LogP contribution in [0.25, 0.3) is 0 Å². The lowest BCUT2D eigenvalue weighted by molar-refractivity contribution is -0.138. The second-order valence-electron chi connectivity index (χ2n) is 7.70. The average molecular weight is 452 g/mol. The predicted octanol–water partition coefficient (Wildman–Crippen LogP) is 4.96. The summed E-state index contributed by atoms with van der Waals surface area (Å²) in [4.78, 5) is 22.8. The number of aliphatic hydroxyl groups excluding tert-OH is 1. The van der Waals surface area contributed by atoms with Crippen molar-refractivity contribution in [2.75, 3.05) is 6.61 Å². The molecule has 0 radical (unpaired) electrons. The van der Waals surface area contributed by atoms with Crippen LogP contribution in [-0.4, -0.2) is 34.7 Å². The van der Waals surface area contributed by atoms with Gasteiger partial charge in [-0.2, -0.15) is 13.2 Å². The number of aliphatic carboxylic acids is 1. The fourth-order valence-corrected chi connectivity index (χ4v) is 3.45. The number of carboxylic acids is 1. The van der Waals surface area contributed by atoms with Gasteiger partial charge in [-0.1, -0.05) is 35.9 Å². The van der Waals surface area contributed by atoms with E-state index in [4.69, 9.17) is 9.84 Å². The summed E-state index contributed by atoms with van der Waals surface area (Å²) in [6, 6.07) is 4.43. The predicted molar refractivity (Wildman–Crippen MR) is 113 cm³/mol. The number of aliphatic hydroxyl groups is 1. The van der Waals surface area contributed by atoms with Crippen LogP contribution < -0.4 is 4.74 Å². The minimum atomic E-state index is -4.48. The fourth-order valence-electron chi connectivity index (χ4n) is 3.45. The smallest absolute Gasteiger partial charge is 0.416 e. The molecule has 2 rings (SSSR count). The molecule has 32 heavy (non-hydrogen) atoms. The first-order valence-corrected chi connectivity index (χ1v) is 10.3. The van der Waals surface area contributed by atoms with Crippen molar-refractivity contribution < 1.29 is 37.7 Å². The van der Waals surface area contributed by atoms with Crippen LogP contribution >= 0.6 is 0 Å². The van der Waals surface area contributed by atoms with Crippen LogP contribution in [0.2, 0.25) is 0 Å². The molecule has 0 bridgehead atoms. The molecule has 1 aliphatic rings. The van der Waals surface area contributed by atoms with E-state index in [1.54, 1.807) is 12.2 Å². The number of halogens is 3. The van der Waals surface area contributed by atoms with Crippen molar-refractivity contribution in [2.24, 2.45) is 11.8 Å². The van der Waals surface area contributed by atoms with E-state index in [9.17, 15) is 27.9 Å². The highest BCUT2D eigenvalue weighted by atomic mass is 19.4. The summed E-state index contributed by atoms with van der Waals surface area (Å²) in [5.74, 6) is -1.36. The number of benzene rings is 1. The second kappa shape index (κ2) is 11.7. The number of rotatable bonds is 11. The topological polar surface area (TPSA) is 83.8 Å². The molecule has 1 aromatic rings. The summed E-state index contributed by atoms with van der Waals surface area (Å²) in [6.45, 7) is 1.60. The zero-order valence-electron chi connectivity index (χ0n) is 17.7. The first-order chi connectivity index (χ1) is 15.1. The summed E-state index contributed by atoms with van der Waals surface area (Å²) in [7, 11) is 0. The maximum atomic E-state index is 12.8. The molecule has 1 aliphatic carbocycles. The lowest BCUT2D eigenvalue weighted by Crippen LogP contribution is -2.18. The van der Waals surface area contributed by atoms with E-state index in [1.165, 1.54) is 18.2 Å². The number of carbonyl (C=O) groups is 2. The highest BCUT2D eigenvalue weighted by Gasteiger charge is 2.32. The molecule has 0 saturated heterocycles. The van der Waals surface area contributed by atoms with Crippen molar-refractivity contribution in [3.05, 3.63) is 65.8 Å². The number of alkyl halides is 3. The van der Waals surface area contributed by atoms with Crippen LogP contribution in [0.4, 0.5) is 13.2 Å². The van der Waals surface area contributed by atoms with Crippen LogP contribution in [0, 0.1) is 11.8 Å². The van der Waals surface area contributed by atoms with Gasteiger partial charge in [-0.3, -0.25) is 9.59 Å². The van der Waals surface area contributed by atoms with E-state index in [1.807, 2.05) is 19.1 Å². The van der Waals surface area contributed by atoms with Gasteiger partial charge in [-0.05, 0) is 50.5 Å². The molecule has 1 unspecified atom stereocenters. The summed E-state index contributed by atoms with van der Waals surface area (Å²) < 4.78 is 43.6. The Morgan fingerprint density at radius 2 is 2.03 bits per heavy atom. The van der Waals surface area contributed by atoms with Gasteiger partial charge in [0, 0.05) is 18.3 Å². The summed E-state index contributed by atoms with van der Waals surface area (Å²) in [5, 5.41) is 18.8. The zero-order chi connectivity index (χ0) is 23.7. The molecule has 174 valence electrons. The van der Waals surface area contributed by atoms with Crippen LogP contribution in [-0.2, 0) is 15.8 Å². The van der Waals surface area contributed by atoms with Gasteiger partial charge in [0.15, 0.2) is 5.78 Å². The Kier molecular flexibility index (Phi) is 9.26. The Labute approximate surface area is 184 Å². The Morgan fingerprint density at radius 3 is 2.72 bits per heavy atom. The molecule has 0 saturated carbocycles. The SMILES string of the molecule is CC1=CC(=O)[C@H](CC=CCCCC(=O)O)[C@H]1C=CC(O)COc1cccc(C(F)(F)F)c1. The molecule has 0 aliphatic heterocycles. The molecule has 0 aromatic heterocycles. The largest absolute Gasteiger partial charge is 0.491 e. The first-order valence-electron chi connectivity index (χ1n) is 10.3. The summed E-state index contributed by atoms with van der Waals surface area (Å²) >= 11 is 0. The molecular weight excluding hydrogens is 425 g/mol. The quantitative estimate of drug-likeness (QED) is 0.366. The monoisotopic (exact) mass is 452 g/mol. The molecule has 0 amide bonds. The minimum Gasteiger partial charge on any atom is -0.491 e. The van der Waals surface area contributed by atoms with Gasteiger partial charge in [-0.15, -0.1) is 0 Å². The van der Waals surface area contributed by atoms with Crippen LogP contribution in [0.1, 0.15) is 38.2 Å². The van der Waals surface area contributed by atoms with Gasteiger partial charge in [-0.25, -0.2) is 0 Å². The van der Waals surface area contributed by atoms with Crippen molar-refractivity contribution in [3.63, 3.8) is 0 Å². The van der Waals surface area contributed by atoms with Gasteiger partial charge in [0.25, 0.3) is 0 Å². The third-order valence-electron chi connectivity index (χ3n) is 5.14. The van der Waals surface area contributed by atoms with Crippen molar-refractivity contribution in [1.82, 2.24) is 0 Å². The Balaban J connectivity index is 1.89. The lowest BCUT2D eigenvalue weighted by atomic mass is 9.87. The van der Waals surface area contributed by atoms with Crippen LogP contribution in [0.5, 0.6) is 5.75 Å². The number of carbonyl (C=O) groups excluding carboxylic acids is 1. The zero-order valence-corrected chi connectivity index (χ0v) is 17.7. The van der Waals surface area contributed by atoms with Gasteiger partial charge in [0.1, 0.15) is 18.5 Å². The van der Waals surface area contributed by atoms with Crippen LogP contribution in [0.15, 0.2) is 60.2 Å². The molecule has 0 spiro atoms. The molecule has 0 fully saturated rings. The maximum Gasteiger partial charge on any atom is 0.416 e. The molecule has 1 aromatic carbocycles. The van der Waals surface area contributed by atoms with E-state index in [-0.39, 0.29) is 36.4 Å². The van der Waals surface area contributed by atoms with Crippen molar-refractivity contribution in [3.8, 4) is 5.75 Å². The number of hydrogen-bond donors (Lipinski definition) is 2. The first kappa shape index (κ1) is 25.4.